The summed E-state index contributed by atoms with van der Waals surface area (Å²) in [6, 6.07) is 10.7. The molecule has 2 aromatic carbocycles. The first kappa shape index (κ1) is 13.6. The fourth-order valence-electron chi connectivity index (χ4n) is 3.14. The molecular formula is C18H18FNO2. The van der Waals surface area contributed by atoms with Gasteiger partial charge in [-0.15, -0.1) is 0 Å². The van der Waals surface area contributed by atoms with Crippen LogP contribution in [0.1, 0.15) is 24.8 Å². The van der Waals surface area contributed by atoms with Crippen molar-refractivity contribution in [3.63, 3.8) is 0 Å². The van der Waals surface area contributed by atoms with E-state index in [2.05, 4.69) is 5.32 Å². The van der Waals surface area contributed by atoms with E-state index in [1.165, 1.54) is 6.07 Å². The zero-order chi connectivity index (χ0) is 15.2. The van der Waals surface area contributed by atoms with Crippen LogP contribution in [0.5, 0.6) is 5.75 Å². The Balaban J connectivity index is 1.69. The van der Waals surface area contributed by atoms with Gasteiger partial charge in [-0.05, 0) is 36.5 Å². The molecule has 3 nitrogen and oxygen atoms in total. The molecule has 1 saturated carbocycles. The number of halogens is 1. The molecule has 1 fully saturated rings. The van der Waals surface area contributed by atoms with Gasteiger partial charge in [-0.1, -0.05) is 24.3 Å². The lowest BCUT2D eigenvalue weighted by Gasteiger charge is -2.37. The van der Waals surface area contributed by atoms with Crippen LogP contribution >= 0.6 is 0 Å². The van der Waals surface area contributed by atoms with Crippen molar-refractivity contribution < 1.29 is 14.2 Å². The average Bonchev–Trinajstić information content (AvgIpc) is 2.52. The molecule has 0 amide bonds. The second-order valence-electron chi connectivity index (χ2n) is 6.07. The summed E-state index contributed by atoms with van der Waals surface area (Å²) in [4.78, 5) is 0. The highest BCUT2D eigenvalue weighted by atomic mass is 19.1. The molecule has 2 aliphatic rings. The van der Waals surface area contributed by atoms with Crippen LogP contribution in [0.4, 0.5) is 10.1 Å². The molecular weight excluding hydrogens is 281 g/mol. The molecule has 1 aliphatic carbocycles. The maximum atomic E-state index is 14.3. The Morgan fingerprint density at radius 2 is 1.91 bits per heavy atom. The first-order valence-corrected chi connectivity index (χ1v) is 7.69. The van der Waals surface area contributed by atoms with Crippen LogP contribution in [0.2, 0.25) is 0 Å². The van der Waals surface area contributed by atoms with E-state index in [0.717, 1.165) is 30.4 Å². The third-order valence-electron chi connectivity index (χ3n) is 4.66. The van der Waals surface area contributed by atoms with Crippen molar-refractivity contribution in [2.45, 2.75) is 24.9 Å². The van der Waals surface area contributed by atoms with E-state index in [1.54, 1.807) is 6.07 Å². The lowest BCUT2D eigenvalue weighted by molar-refractivity contribution is -0.0387. The quantitative estimate of drug-likeness (QED) is 0.889. The van der Waals surface area contributed by atoms with E-state index in [1.807, 2.05) is 24.3 Å². The summed E-state index contributed by atoms with van der Waals surface area (Å²) in [6.45, 7) is 1.28. The predicted molar refractivity (Wildman–Crippen MR) is 83.6 cm³/mol. The molecule has 0 bridgehead atoms. The first-order chi connectivity index (χ1) is 10.7. The number of benzene rings is 2. The van der Waals surface area contributed by atoms with Crippen molar-refractivity contribution >= 4 is 5.69 Å². The lowest BCUT2D eigenvalue weighted by atomic mass is 9.75. The Kier molecular flexibility index (Phi) is 3.08. The Bertz CT molecular complexity index is 708. The van der Waals surface area contributed by atoms with Gasteiger partial charge in [0.1, 0.15) is 18.2 Å². The van der Waals surface area contributed by atoms with Gasteiger partial charge < -0.3 is 15.2 Å². The Labute approximate surface area is 128 Å². The third kappa shape index (κ3) is 2.15. The second kappa shape index (κ2) is 4.99. The Morgan fingerprint density at radius 1 is 1.14 bits per heavy atom. The summed E-state index contributed by atoms with van der Waals surface area (Å²) in [7, 11) is 0. The molecule has 0 unspecified atom stereocenters. The number of fused-ring (bicyclic) bond motifs is 1. The standard InChI is InChI=1S/C18H18FNO2/c19-15-11-16-17(22-9-8-20-16)10-14(15)12-2-4-13(5-3-12)18(21)6-1-7-18/h2-5,10-11,20-21H,1,6-9H2. The highest BCUT2D eigenvalue weighted by Crippen LogP contribution is 2.42. The van der Waals surface area contributed by atoms with Crippen molar-refractivity contribution in [3.8, 4) is 16.9 Å². The van der Waals surface area contributed by atoms with E-state index in [0.29, 0.717) is 30.2 Å². The van der Waals surface area contributed by atoms with Crippen LogP contribution in [0.15, 0.2) is 36.4 Å². The lowest BCUT2D eigenvalue weighted by Crippen LogP contribution is -2.33. The third-order valence-corrected chi connectivity index (χ3v) is 4.66. The first-order valence-electron chi connectivity index (χ1n) is 7.69. The fraction of sp³-hybridized carbons (Fsp3) is 0.333. The number of rotatable bonds is 2. The molecule has 114 valence electrons. The fourth-order valence-corrected chi connectivity index (χ4v) is 3.14. The molecule has 4 rings (SSSR count). The van der Waals surface area contributed by atoms with Crippen molar-refractivity contribution in [1.29, 1.82) is 0 Å². The highest BCUT2D eigenvalue weighted by Gasteiger charge is 2.35. The van der Waals surface area contributed by atoms with Crippen molar-refractivity contribution in [2.24, 2.45) is 0 Å². The van der Waals surface area contributed by atoms with Crippen LogP contribution in [0.3, 0.4) is 0 Å². The van der Waals surface area contributed by atoms with Crippen LogP contribution < -0.4 is 10.1 Å². The van der Waals surface area contributed by atoms with Gasteiger partial charge in [0, 0.05) is 18.2 Å². The minimum atomic E-state index is -0.681. The largest absolute Gasteiger partial charge is 0.490 e. The van der Waals surface area contributed by atoms with Crippen LogP contribution in [-0.2, 0) is 5.60 Å². The smallest absolute Gasteiger partial charge is 0.143 e. The number of aliphatic hydroxyl groups is 1. The van der Waals surface area contributed by atoms with Crippen molar-refractivity contribution in [3.05, 3.63) is 47.8 Å². The summed E-state index contributed by atoms with van der Waals surface area (Å²) in [6.07, 6.45) is 2.67. The van der Waals surface area contributed by atoms with Crippen LogP contribution in [0.25, 0.3) is 11.1 Å². The molecule has 1 aliphatic heterocycles. The molecule has 0 saturated heterocycles. The molecule has 2 N–H and O–H groups in total. The van der Waals surface area contributed by atoms with E-state index in [9.17, 15) is 9.50 Å². The second-order valence-corrected chi connectivity index (χ2v) is 6.07. The van der Waals surface area contributed by atoms with Gasteiger partial charge in [-0.2, -0.15) is 0 Å². The van der Waals surface area contributed by atoms with Gasteiger partial charge >= 0.3 is 0 Å². The molecule has 0 spiro atoms. The topological polar surface area (TPSA) is 41.5 Å². The minimum Gasteiger partial charge on any atom is -0.490 e. The number of hydrogen-bond donors (Lipinski definition) is 2. The number of nitrogens with one attached hydrogen (secondary N) is 1. The SMILES string of the molecule is OC1(c2ccc(-c3cc4c(cc3F)NCCO4)cc2)CCC1. The summed E-state index contributed by atoms with van der Waals surface area (Å²) < 4.78 is 19.9. The summed E-state index contributed by atoms with van der Waals surface area (Å²) >= 11 is 0. The van der Waals surface area contributed by atoms with Crippen LogP contribution in [0, 0.1) is 5.82 Å². The Morgan fingerprint density at radius 3 is 2.59 bits per heavy atom. The maximum absolute atomic E-state index is 14.3. The molecule has 4 heteroatoms. The normalized spacial score (nSPS) is 18.6. The average molecular weight is 299 g/mol. The van der Waals surface area contributed by atoms with Gasteiger partial charge in [-0.25, -0.2) is 4.39 Å². The van der Waals surface area contributed by atoms with E-state index >= 15 is 0 Å². The molecule has 1 heterocycles. The van der Waals surface area contributed by atoms with Gasteiger partial charge in [0.05, 0.1) is 11.3 Å². The molecule has 0 aromatic heterocycles. The van der Waals surface area contributed by atoms with Gasteiger partial charge in [-0.3, -0.25) is 0 Å². The van der Waals surface area contributed by atoms with Crippen LogP contribution in [-0.4, -0.2) is 18.3 Å². The Hall–Kier alpha value is -2.07. The zero-order valence-corrected chi connectivity index (χ0v) is 12.2. The zero-order valence-electron chi connectivity index (χ0n) is 12.2. The van der Waals surface area contributed by atoms with Gasteiger partial charge in [0.25, 0.3) is 0 Å². The molecule has 22 heavy (non-hydrogen) atoms. The molecule has 0 atom stereocenters. The number of anilines is 1. The van der Waals surface area contributed by atoms with Gasteiger partial charge in [0.2, 0.25) is 0 Å². The minimum absolute atomic E-state index is 0.271. The summed E-state index contributed by atoms with van der Waals surface area (Å²) in [5.41, 5.74) is 2.25. The monoisotopic (exact) mass is 299 g/mol. The van der Waals surface area contributed by atoms with Crippen molar-refractivity contribution in [2.75, 3.05) is 18.5 Å². The number of ether oxygens (including phenoxy) is 1. The highest BCUT2D eigenvalue weighted by molar-refractivity contribution is 5.72. The summed E-state index contributed by atoms with van der Waals surface area (Å²) in [5, 5.41) is 13.5. The van der Waals surface area contributed by atoms with Gasteiger partial charge in [0.15, 0.2) is 0 Å². The maximum Gasteiger partial charge on any atom is 0.143 e. The molecule has 0 radical (unpaired) electrons. The number of hydrogen-bond acceptors (Lipinski definition) is 3. The molecule has 2 aromatic rings. The van der Waals surface area contributed by atoms with E-state index in [-0.39, 0.29) is 5.82 Å². The van der Waals surface area contributed by atoms with E-state index < -0.39 is 5.60 Å². The van der Waals surface area contributed by atoms with E-state index in [4.69, 9.17) is 4.74 Å². The van der Waals surface area contributed by atoms with Crippen molar-refractivity contribution in [1.82, 2.24) is 0 Å². The predicted octanol–water partition coefficient (Wildman–Crippen LogP) is 3.67. The summed E-state index contributed by atoms with van der Waals surface area (Å²) in [5.74, 6) is 0.413.